The van der Waals surface area contributed by atoms with Gasteiger partial charge in [0, 0.05) is 13.6 Å². The summed E-state index contributed by atoms with van der Waals surface area (Å²) in [6.07, 6.45) is -0.273. The van der Waals surface area contributed by atoms with Crippen molar-refractivity contribution in [2.45, 2.75) is 65.7 Å². The lowest BCUT2D eigenvalue weighted by Gasteiger charge is -2.26. The van der Waals surface area contributed by atoms with Gasteiger partial charge in [0.05, 0.1) is 6.61 Å². The highest BCUT2D eigenvalue weighted by atomic mass is 16.6. The van der Waals surface area contributed by atoms with Crippen LogP contribution >= 0.6 is 0 Å². The zero-order valence-electron chi connectivity index (χ0n) is 16.2. The summed E-state index contributed by atoms with van der Waals surface area (Å²) in [6.45, 7) is 10.8. The molecule has 0 aromatic rings. The molecule has 0 aliphatic carbocycles. The number of carbonyl (C=O) groups is 3. The van der Waals surface area contributed by atoms with Gasteiger partial charge in [-0.25, -0.2) is 4.79 Å². The molecule has 1 saturated heterocycles. The first-order valence-corrected chi connectivity index (χ1v) is 9.04. The predicted molar refractivity (Wildman–Crippen MR) is 93.8 cm³/mol. The summed E-state index contributed by atoms with van der Waals surface area (Å²) < 4.78 is 9.94. The van der Waals surface area contributed by atoms with Gasteiger partial charge in [0.25, 0.3) is 5.91 Å². The zero-order chi connectivity index (χ0) is 19.1. The van der Waals surface area contributed by atoms with Crippen LogP contribution in [-0.2, 0) is 23.9 Å². The molecule has 0 unspecified atom stereocenters. The third kappa shape index (κ3) is 7.02. The molecule has 7 nitrogen and oxygen atoms in total. The Morgan fingerprint density at radius 2 is 1.76 bits per heavy atom. The molecule has 0 bridgehead atoms. The van der Waals surface area contributed by atoms with Crippen LogP contribution < -0.4 is 5.32 Å². The first kappa shape index (κ1) is 21.4. The van der Waals surface area contributed by atoms with Crippen molar-refractivity contribution in [3.8, 4) is 0 Å². The van der Waals surface area contributed by atoms with Crippen molar-refractivity contribution in [2.75, 3.05) is 20.2 Å². The summed E-state index contributed by atoms with van der Waals surface area (Å²) in [5, 5.41) is 2.74. The van der Waals surface area contributed by atoms with E-state index in [-0.39, 0.29) is 18.4 Å². The van der Waals surface area contributed by atoms with Crippen molar-refractivity contribution in [2.24, 2.45) is 11.8 Å². The molecule has 1 rings (SSSR count). The van der Waals surface area contributed by atoms with Gasteiger partial charge in [-0.05, 0) is 31.6 Å². The number of hydrogen-bond donors (Lipinski definition) is 1. The number of rotatable bonds is 10. The second kappa shape index (κ2) is 9.75. The first-order chi connectivity index (χ1) is 11.7. The number of esters is 1. The van der Waals surface area contributed by atoms with E-state index in [4.69, 9.17) is 9.47 Å². The number of hydrogen-bond acceptors (Lipinski definition) is 5. The molecule has 1 heterocycles. The topological polar surface area (TPSA) is 88.2 Å². The maximum atomic E-state index is 12.7. The van der Waals surface area contributed by atoms with Crippen LogP contribution in [0.15, 0.2) is 0 Å². The average molecular weight is 356 g/mol. The molecule has 0 radical (unpaired) electrons. The summed E-state index contributed by atoms with van der Waals surface area (Å²) in [7, 11) is 1.75. The SMILES string of the molecule is CCOC(=O)[C@H]1O[C@@H]1C(=O)N[C@@H](CC(C)C)C(=O)N(C)CCC(C)C. The summed E-state index contributed by atoms with van der Waals surface area (Å²) in [4.78, 5) is 38.2. The number of likely N-dealkylation sites (N-methyl/N-ethyl adjacent to an activating group) is 1. The Hall–Kier alpha value is -1.63. The number of amides is 2. The highest BCUT2D eigenvalue weighted by Gasteiger charge is 2.52. The van der Waals surface area contributed by atoms with Crippen molar-refractivity contribution in [1.29, 1.82) is 0 Å². The van der Waals surface area contributed by atoms with Crippen molar-refractivity contribution >= 4 is 17.8 Å². The molecule has 0 aromatic carbocycles. The van der Waals surface area contributed by atoms with Crippen LogP contribution in [0.1, 0.15) is 47.5 Å². The molecule has 1 aliphatic heterocycles. The molecule has 25 heavy (non-hydrogen) atoms. The maximum absolute atomic E-state index is 12.7. The van der Waals surface area contributed by atoms with E-state index in [0.717, 1.165) is 6.42 Å². The fourth-order valence-electron chi connectivity index (χ4n) is 2.49. The normalized spacial score (nSPS) is 20.3. The molecule has 1 N–H and O–H groups in total. The third-order valence-electron chi connectivity index (χ3n) is 4.01. The average Bonchev–Trinajstić information content (AvgIpc) is 3.31. The van der Waals surface area contributed by atoms with Crippen LogP contribution in [0.3, 0.4) is 0 Å². The van der Waals surface area contributed by atoms with Crippen LogP contribution in [0.5, 0.6) is 0 Å². The van der Waals surface area contributed by atoms with Crippen molar-refractivity contribution in [3.63, 3.8) is 0 Å². The lowest BCUT2D eigenvalue weighted by Crippen LogP contribution is -2.49. The quantitative estimate of drug-likeness (QED) is 0.471. The van der Waals surface area contributed by atoms with E-state index in [9.17, 15) is 14.4 Å². The number of epoxide rings is 1. The fraction of sp³-hybridized carbons (Fsp3) is 0.833. The van der Waals surface area contributed by atoms with Crippen LogP contribution in [0.2, 0.25) is 0 Å². The summed E-state index contributed by atoms with van der Waals surface area (Å²) in [5.41, 5.74) is 0. The smallest absolute Gasteiger partial charge is 0.338 e. The minimum atomic E-state index is -0.859. The molecule has 1 aliphatic rings. The Bertz CT molecular complexity index is 478. The molecule has 3 atom stereocenters. The molecule has 7 heteroatoms. The van der Waals surface area contributed by atoms with Gasteiger partial charge in [-0.2, -0.15) is 0 Å². The number of ether oxygens (including phenoxy) is 2. The summed E-state index contributed by atoms with van der Waals surface area (Å²) in [5.74, 6) is -0.346. The van der Waals surface area contributed by atoms with Crippen LogP contribution in [0, 0.1) is 11.8 Å². The van der Waals surface area contributed by atoms with E-state index in [2.05, 4.69) is 19.2 Å². The Morgan fingerprint density at radius 1 is 1.12 bits per heavy atom. The summed E-state index contributed by atoms with van der Waals surface area (Å²) >= 11 is 0. The van der Waals surface area contributed by atoms with E-state index in [0.29, 0.717) is 18.9 Å². The van der Waals surface area contributed by atoms with E-state index < -0.39 is 30.1 Å². The van der Waals surface area contributed by atoms with Crippen molar-refractivity contribution < 1.29 is 23.9 Å². The number of carbonyl (C=O) groups excluding carboxylic acids is 3. The van der Waals surface area contributed by atoms with Gasteiger partial charge < -0.3 is 19.7 Å². The largest absolute Gasteiger partial charge is 0.464 e. The monoisotopic (exact) mass is 356 g/mol. The lowest BCUT2D eigenvalue weighted by molar-refractivity contribution is -0.144. The fourth-order valence-corrected chi connectivity index (χ4v) is 2.49. The van der Waals surface area contributed by atoms with Gasteiger partial charge in [-0.15, -0.1) is 0 Å². The molecular weight excluding hydrogens is 324 g/mol. The van der Waals surface area contributed by atoms with Gasteiger partial charge >= 0.3 is 5.97 Å². The highest BCUT2D eigenvalue weighted by molar-refractivity contribution is 5.95. The number of nitrogens with one attached hydrogen (secondary N) is 1. The molecule has 0 aromatic heterocycles. The third-order valence-corrected chi connectivity index (χ3v) is 4.01. The molecule has 1 fully saturated rings. The maximum Gasteiger partial charge on any atom is 0.338 e. The zero-order valence-corrected chi connectivity index (χ0v) is 16.2. The first-order valence-electron chi connectivity index (χ1n) is 9.04. The van der Waals surface area contributed by atoms with Gasteiger partial charge in [0.15, 0.2) is 12.2 Å². The van der Waals surface area contributed by atoms with E-state index in [1.165, 1.54) is 0 Å². The molecule has 144 valence electrons. The minimum Gasteiger partial charge on any atom is -0.464 e. The van der Waals surface area contributed by atoms with Gasteiger partial charge in [-0.1, -0.05) is 27.7 Å². The molecule has 0 spiro atoms. The summed E-state index contributed by atoms with van der Waals surface area (Å²) in [6, 6.07) is -0.614. The number of nitrogens with zero attached hydrogens (tertiary/aromatic N) is 1. The molecule has 0 saturated carbocycles. The van der Waals surface area contributed by atoms with Crippen LogP contribution in [0.4, 0.5) is 0 Å². The Kier molecular flexibility index (Phi) is 8.35. The van der Waals surface area contributed by atoms with Crippen molar-refractivity contribution in [3.05, 3.63) is 0 Å². The Balaban J connectivity index is 2.62. The van der Waals surface area contributed by atoms with Crippen LogP contribution in [0.25, 0.3) is 0 Å². The van der Waals surface area contributed by atoms with E-state index >= 15 is 0 Å². The second-order valence-corrected chi connectivity index (χ2v) is 7.36. The van der Waals surface area contributed by atoms with Gasteiger partial charge in [-0.3, -0.25) is 9.59 Å². The standard InChI is InChI=1S/C18H32N2O5/c1-7-24-18(23)15-14(25-15)16(21)19-13(10-12(4)5)17(22)20(6)9-8-11(2)3/h11-15H,7-10H2,1-6H3,(H,19,21)/t13-,14-,15-/m0/s1. The van der Waals surface area contributed by atoms with Crippen molar-refractivity contribution in [1.82, 2.24) is 10.2 Å². The van der Waals surface area contributed by atoms with Crippen LogP contribution in [-0.4, -0.2) is 61.1 Å². The highest BCUT2D eigenvalue weighted by Crippen LogP contribution is 2.24. The van der Waals surface area contributed by atoms with Gasteiger partial charge in [0.2, 0.25) is 5.91 Å². The second-order valence-electron chi connectivity index (χ2n) is 7.36. The molecule has 2 amide bonds. The van der Waals surface area contributed by atoms with E-state index in [1.807, 2.05) is 13.8 Å². The Labute approximate surface area is 150 Å². The lowest BCUT2D eigenvalue weighted by atomic mass is 10.0. The Morgan fingerprint density at radius 3 is 2.28 bits per heavy atom. The minimum absolute atomic E-state index is 0.115. The molecular formula is C18H32N2O5. The van der Waals surface area contributed by atoms with E-state index in [1.54, 1.807) is 18.9 Å². The van der Waals surface area contributed by atoms with Gasteiger partial charge in [0.1, 0.15) is 6.04 Å². The predicted octanol–water partition coefficient (Wildman–Crippen LogP) is 1.35.